The molecule has 0 saturated carbocycles. The number of ether oxygens (including phenoxy) is 2. The number of benzene rings is 4. The molecule has 0 unspecified atom stereocenters. The Balaban J connectivity index is 0.000000340. The Bertz CT molecular complexity index is 1770. The molecule has 8 heteroatoms. The molecule has 8 nitrogen and oxygen atoms in total. The van der Waals surface area contributed by atoms with Crippen molar-refractivity contribution >= 4 is 29.4 Å². The molecule has 0 bridgehead atoms. The highest BCUT2D eigenvalue weighted by Gasteiger charge is 2.49. The first-order valence-corrected chi connectivity index (χ1v) is 20.1. The topological polar surface area (TPSA) is 116 Å². The smallest absolute Gasteiger partial charge is 0.343 e. The van der Waals surface area contributed by atoms with Crippen molar-refractivity contribution < 1.29 is 33.4 Å². The predicted molar refractivity (Wildman–Crippen MR) is 222 cm³/mol. The Hall–Kier alpha value is -5.37. The predicted octanol–water partition coefficient (Wildman–Crippen LogP) is 9.45. The van der Waals surface area contributed by atoms with Crippen LogP contribution in [0.2, 0.25) is 0 Å². The van der Waals surface area contributed by atoms with Gasteiger partial charge < -0.3 is 14.8 Å². The van der Waals surface area contributed by atoms with E-state index in [1.807, 2.05) is 36.4 Å². The van der Waals surface area contributed by atoms with E-state index in [0.717, 1.165) is 62.5 Å². The molecule has 0 saturated heterocycles. The standard InChI is InChI=1S/C28H35NO6.C20H24O/c1-4-34-26(32)28(29-21(3)30,27(33)35-5-2)20-19-23-15-17-24(18-16-23)25(31)14-10-9-13-22-11-7-6-8-12-22;1-2-8-17-13-15-19(16-14-17)20(21)12-7-6-11-18-9-4-3-5-10-18/h6-8,11-12,15-18H,4-5,9-10,13-14,19-20H2,1-3H3,(H,29,30);3-5,9-10,13-16H,2,6-8,11-12H2,1H3. The zero-order chi connectivity index (χ0) is 40.6. The Morgan fingerprint density at radius 3 is 1.27 bits per heavy atom. The molecule has 0 spiro atoms. The molecule has 1 amide bonds. The zero-order valence-corrected chi connectivity index (χ0v) is 33.6. The third kappa shape index (κ3) is 15.4. The SMILES string of the molecule is CCCc1ccc(C(=O)CCCCc2ccccc2)cc1.CCOC(=O)C(CCc1ccc(C(=O)CCCCc2ccccc2)cc1)(NC(C)=O)C(=O)OCC. The van der Waals surface area contributed by atoms with Crippen molar-refractivity contribution in [3.63, 3.8) is 0 Å². The average Bonchev–Trinajstić information content (AvgIpc) is 3.21. The van der Waals surface area contributed by atoms with E-state index < -0.39 is 23.4 Å². The number of aryl methyl sites for hydroxylation is 4. The average molecular weight is 762 g/mol. The van der Waals surface area contributed by atoms with Crippen LogP contribution in [0.4, 0.5) is 0 Å². The zero-order valence-electron chi connectivity index (χ0n) is 33.6. The highest BCUT2D eigenvalue weighted by atomic mass is 16.6. The molecule has 0 radical (unpaired) electrons. The molecule has 0 aliphatic heterocycles. The van der Waals surface area contributed by atoms with E-state index in [9.17, 15) is 24.0 Å². The summed E-state index contributed by atoms with van der Waals surface area (Å²) in [4.78, 5) is 61.9. The molecular weight excluding hydrogens is 703 g/mol. The molecule has 4 aromatic carbocycles. The fourth-order valence-corrected chi connectivity index (χ4v) is 6.40. The van der Waals surface area contributed by atoms with Crippen LogP contribution in [0.3, 0.4) is 0 Å². The van der Waals surface area contributed by atoms with Crippen molar-refractivity contribution in [2.45, 2.75) is 110 Å². The van der Waals surface area contributed by atoms with Gasteiger partial charge in [0, 0.05) is 30.9 Å². The van der Waals surface area contributed by atoms with Crippen LogP contribution < -0.4 is 5.32 Å². The van der Waals surface area contributed by atoms with Gasteiger partial charge >= 0.3 is 11.9 Å². The van der Waals surface area contributed by atoms with Gasteiger partial charge in [0.1, 0.15) is 0 Å². The maximum absolute atomic E-state index is 12.7. The maximum atomic E-state index is 12.7. The molecule has 0 aliphatic rings. The summed E-state index contributed by atoms with van der Waals surface area (Å²) < 4.78 is 10.2. The van der Waals surface area contributed by atoms with E-state index in [1.54, 1.807) is 38.1 Å². The molecule has 0 aliphatic carbocycles. The Kier molecular flexibility index (Phi) is 20.0. The van der Waals surface area contributed by atoms with E-state index in [-0.39, 0.29) is 31.2 Å². The highest BCUT2D eigenvalue weighted by Crippen LogP contribution is 2.21. The normalized spacial score (nSPS) is 10.8. The molecule has 0 heterocycles. The van der Waals surface area contributed by atoms with Crippen LogP contribution in [-0.4, -0.2) is 48.2 Å². The minimum atomic E-state index is -1.93. The summed E-state index contributed by atoms with van der Waals surface area (Å²) in [6, 6.07) is 35.9. The first kappa shape index (κ1) is 45.0. The monoisotopic (exact) mass is 761 g/mol. The molecule has 0 fully saturated rings. The van der Waals surface area contributed by atoms with Crippen LogP contribution in [0.25, 0.3) is 0 Å². The van der Waals surface area contributed by atoms with Gasteiger partial charge in [-0.05, 0) is 93.9 Å². The lowest BCUT2D eigenvalue weighted by atomic mass is 9.90. The van der Waals surface area contributed by atoms with Crippen LogP contribution in [0, 0.1) is 0 Å². The number of carbonyl (C=O) groups is 5. The van der Waals surface area contributed by atoms with Crippen molar-refractivity contribution in [1.29, 1.82) is 0 Å². The molecule has 0 aromatic heterocycles. The summed E-state index contributed by atoms with van der Waals surface area (Å²) in [5.41, 5.74) is 4.31. The number of carbonyl (C=O) groups excluding carboxylic acids is 5. The van der Waals surface area contributed by atoms with Crippen molar-refractivity contribution in [3.05, 3.63) is 143 Å². The minimum absolute atomic E-state index is 0.0307. The van der Waals surface area contributed by atoms with Crippen LogP contribution in [0.1, 0.15) is 122 Å². The first-order chi connectivity index (χ1) is 27.1. The Morgan fingerprint density at radius 2 is 0.893 bits per heavy atom. The molecular formula is C48H59NO7. The van der Waals surface area contributed by atoms with Gasteiger partial charge in [-0.2, -0.15) is 0 Å². The molecule has 4 rings (SSSR count). The lowest BCUT2D eigenvalue weighted by Crippen LogP contribution is -2.61. The van der Waals surface area contributed by atoms with Gasteiger partial charge in [0.05, 0.1) is 13.2 Å². The summed E-state index contributed by atoms with van der Waals surface area (Å²) in [5, 5.41) is 2.46. The van der Waals surface area contributed by atoms with E-state index in [4.69, 9.17) is 9.47 Å². The first-order valence-electron chi connectivity index (χ1n) is 20.1. The van der Waals surface area contributed by atoms with Gasteiger partial charge in [-0.1, -0.05) is 123 Å². The van der Waals surface area contributed by atoms with E-state index in [1.165, 1.54) is 23.6 Å². The van der Waals surface area contributed by atoms with E-state index >= 15 is 0 Å². The maximum Gasteiger partial charge on any atom is 0.343 e. The number of amides is 1. The molecule has 1 N–H and O–H groups in total. The third-order valence-corrected chi connectivity index (χ3v) is 9.44. The molecule has 56 heavy (non-hydrogen) atoms. The second-order valence-corrected chi connectivity index (χ2v) is 13.9. The van der Waals surface area contributed by atoms with Crippen molar-refractivity contribution in [3.8, 4) is 0 Å². The minimum Gasteiger partial charge on any atom is -0.464 e. The Morgan fingerprint density at radius 1 is 0.500 bits per heavy atom. The van der Waals surface area contributed by atoms with Gasteiger partial charge in [0.2, 0.25) is 11.4 Å². The molecule has 0 atom stereocenters. The molecule has 298 valence electrons. The Labute approximate surface area is 333 Å². The van der Waals surface area contributed by atoms with E-state index in [0.29, 0.717) is 24.8 Å². The number of ketones is 2. The number of hydrogen-bond donors (Lipinski definition) is 1. The van der Waals surface area contributed by atoms with Crippen molar-refractivity contribution in [1.82, 2.24) is 5.32 Å². The number of rotatable bonds is 22. The van der Waals surface area contributed by atoms with Gasteiger partial charge in [-0.3, -0.25) is 14.4 Å². The lowest BCUT2D eigenvalue weighted by Gasteiger charge is -2.29. The summed E-state index contributed by atoms with van der Waals surface area (Å²) in [6.07, 6.45) is 9.43. The number of nitrogens with one attached hydrogen (secondary N) is 1. The quantitative estimate of drug-likeness (QED) is 0.0367. The van der Waals surface area contributed by atoms with Crippen LogP contribution in [-0.2, 0) is 49.5 Å². The molecule has 4 aromatic rings. The number of esters is 2. The van der Waals surface area contributed by atoms with Crippen molar-refractivity contribution in [2.75, 3.05) is 13.2 Å². The number of Topliss-reactive ketones (excluding diaryl/α,β-unsaturated/α-hetero) is 2. The fraction of sp³-hybridized carbons (Fsp3) is 0.396. The second kappa shape index (κ2) is 24.9. The van der Waals surface area contributed by atoms with Gasteiger partial charge in [-0.15, -0.1) is 0 Å². The second-order valence-electron chi connectivity index (χ2n) is 13.9. The summed E-state index contributed by atoms with van der Waals surface area (Å²) >= 11 is 0. The summed E-state index contributed by atoms with van der Waals surface area (Å²) in [6.45, 7) is 6.76. The van der Waals surface area contributed by atoms with Crippen LogP contribution >= 0.6 is 0 Å². The number of unbranched alkanes of at least 4 members (excludes halogenated alkanes) is 2. The van der Waals surface area contributed by atoms with Gasteiger partial charge in [-0.25, -0.2) is 9.59 Å². The van der Waals surface area contributed by atoms with Crippen molar-refractivity contribution in [2.24, 2.45) is 0 Å². The third-order valence-electron chi connectivity index (χ3n) is 9.44. The summed E-state index contributed by atoms with van der Waals surface area (Å²) in [7, 11) is 0. The lowest BCUT2D eigenvalue weighted by molar-refractivity contribution is -0.168. The number of hydrogen-bond acceptors (Lipinski definition) is 7. The van der Waals surface area contributed by atoms with Gasteiger partial charge in [0.25, 0.3) is 0 Å². The van der Waals surface area contributed by atoms with Crippen LogP contribution in [0.15, 0.2) is 109 Å². The fourth-order valence-electron chi connectivity index (χ4n) is 6.40. The highest BCUT2D eigenvalue weighted by molar-refractivity contribution is 6.07. The summed E-state index contributed by atoms with van der Waals surface area (Å²) in [5.74, 6) is -1.90. The van der Waals surface area contributed by atoms with E-state index in [2.05, 4.69) is 60.8 Å². The van der Waals surface area contributed by atoms with Crippen LogP contribution in [0.5, 0.6) is 0 Å². The van der Waals surface area contributed by atoms with Gasteiger partial charge in [0.15, 0.2) is 11.6 Å². The largest absolute Gasteiger partial charge is 0.464 e.